The van der Waals surface area contributed by atoms with Crippen molar-refractivity contribution in [2.45, 2.75) is 58.2 Å². The number of aryl methyl sites for hydroxylation is 1. The standard InChI is InChI=1S/C15H26N2S2/c1-4-8-16-12-6-5-7-13-15(12)19-14(17-13)10-18-9-11(2)3/h11-12,16H,4-10H2,1-3H3. The zero-order valence-corrected chi connectivity index (χ0v) is 14.0. The third-order valence-electron chi connectivity index (χ3n) is 3.31. The highest BCUT2D eigenvalue weighted by Gasteiger charge is 2.23. The van der Waals surface area contributed by atoms with Crippen LogP contribution in [0.2, 0.25) is 0 Å². The van der Waals surface area contributed by atoms with E-state index in [1.807, 2.05) is 23.1 Å². The number of aromatic nitrogens is 1. The van der Waals surface area contributed by atoms with Gasteiger partial charge in [0.05, 0.1) is 5.69 Å². The summed E-state index contributed by atoms with van der Waals surface area (Å²) in [5.41, 5.74) is 1.38. The lowest BCUT2D eigenvalue weighted by atomic mass is 9.98. The van der Waals surface area contributed by atoms with Crippen molar-refractivity contribution < 1.29 is 0 Å². The van der Waals surface area contributed by atoms with Gasteiger partial charge in [-0.25, -0.2) is 4.98 Å². The molecule has 1 unspecified atom stereocenters. The van der Waals surface area contributed by atoms with E-state index in [1.54, 1.807) is 0 Å². The van der Waals surface area contributed by atoms with Crippen molar-refractivity contribution in [2.75, 3.05) is 12.3 Å². The second kappa shape index (κ2) is 7.65. The first-order valence-corrected chi connectivity index (χ1v) is 9.47. The van der Waals surface area contributed by atoms with Crippen molar-refractivity contribution in [3.8, 4) is 0 Å². The van der Waals surface area contributed by atoms with Crippen molar-refractivity contribution in [3.05, 3.63) is 15.6 Å². The van der Waals surface area contributed by atoms with Gasteiger partial charge in [-0.2, -0.15) is 11.8 Å². The molecule has 19 heavy (non-hydrogen) atoms. The average Bonchev–Trinajstić information content (AvgIpc) is 2.79. The monoisotopic (exact) mass is 298 g/mol. The molecule has 2 rings (SSSR count). The molecule has 0 bridgehead atoms. The molecule has 0 saturated carbocycles. The minimum atomic E-state index is 0.574. The van der Waals surface area contributed by atoms with Crippen molar-refractivity contribution >= 4 is 23.1 Å². The van der Waals surface area contributed by atoms with Crippen molar-refractivity contribution in [2.24, 2.45) is 5.92 Å². The number of thiazole rings is 1. The summed E-state index contributed by atoms with van der Waals surface area (Å²) < 4.78 is 0. The van der Waals surface area contributed by atoms with Crippen molar-refractivity contribution in [3.63, 3.8) is 0 Å². The van der Waals surface area contributed by atoms with Gasteiger partial charge in [0.2, 0.25) is 0 Å². The molecule has 0 saturated heterocycles. The third kappa shape index (κ3) is 4.47. The second-order valence-corrected chi connectivity index (χ2v) is 7.87. The van der Waals surface area contributed by atoms with Crippen LogP contribution >= 0.6 is 23.1 Å². The molecule has 0 fully saturated rings. The van der Waals surface area contributed by atoms with Gasteiger partial charge in [-0.05, 0) is 43.9 Å². The Morgan fingerprint density at radius 2 is 2.32 bits per heavy atom. The largest absolute Gasteiger partial charge is 0.309 e. The quantitative estimate of drug-likeness (QED) is 0.807. The summed E-state index contributed by atoms with van der Waals surface area (Å²) in [4.78, 5) is 6.39. The van der Waals surface area contributed by atoms with Gasteiger partial charge in [-0.15, -0.1) is 11.3 Å². The smallest absolute Gasteiger partial charge is 0.103 e. The SMILES string of the molecule is CCCNC1CCCc2nc(CSCC(C)C)sc21. The highest BCUT2D eigenvalue weighted by atomic mass is 32.2. The van der Waals surface area contributed by atoms with E-state index in [4.69, 9.17) is 4.98 Å². The molecule has 2 nitrogen and oxygen atoms in total. The van der Waals surface area contributed by atoms with E-state index in [1.165, 1.54) is 47.0 Å². The normalized spacial score (nSPS) is 18.8. The first kappa shape index (κ1) is 15.3. The van der Waals surface area contributed by atoms with E-state index in [0.29, 0.717) is 6.04 Å². The van der Waals surface area contributed by atoms with Crippen LogP contribution in [0.1, 0.15) is 61.7 Å². The van der Waals surface area contributed by atoms with Crippen LogP contribution in [0.3, 0.4) is 0 Å². The van der Waals surface area contributed by atoms with Crippen LogP contribution in [0.4, 0.5) is 0 Å². The molecule has 0 spiro atoms. The van der Waals surface area contributed by atoms with Gasteiger partial charge in [0.15, 0.2) is 0 Å². The first-order chi connectivity index (χ1) is 9.20. The van der Waals surface area contributed by atoms with Crippen molar-refractivity contribution in [1.82, 2.24) is 10.3 Å². The van der Waals surface area contributed by atoms with Crippen LogP contribution in [0, 0.1) is 5.92 Å². The molecule has 1 aliphatic carbocycles. The van der Waals surface area contributed by atoms with Crippen LogP contribution < -0.4 is 5.32 Å². The lowest BCUT2D eigenvalue weighted by Crippen LogP contribution is -2.24. The molecule has 0 aromatic carbocycles. The summed E-state index contributed by atoms with van der Waals surface area (Å²) in [5.74, 6) is 3.11. The molecule has 1 aliphatic rings. The molecule has 4 heteroatoms. The summed E-state index contributed by atoms with van der Waals surface area (Å²) >= 11 is 3.98. The molecule has 1 N–H and O–H groups in total. The minimum absolute atomic E-state index is 0.574. The van der Waals surface area contributed by atoms with Gasteiger partial charge in [0, 0.05) is 16.7 Å². The lowest BCUT2D eigenvalue weighted by molar-refractivity contribution is 0.464. The molecule has 1 atom stereocenters. The molecule has 1 aromatic rings. The van der Waals surface area contributed by atoms with Crippen LogP contribution in [0.15, 0.2) is 0 Å². The second-order valence-electron chi connectivity index (χ2n) is 5.73. The average molecular weight is 299 g/mol. The molecule has 0 aliphatic heterocycles. The van der Waals surface area contributed by atoms with E-state index in [0.717, 1.165) is 18.2 Å². The van der Waals surface area contributed by atoms with E-state index < -0.39 is 0 Å². The fraction of sp³-hybridized carbons (Fsp3) is 0.800. The van der Waals surface area contributed by atoms with Gasteiger partial charge in [0.1, 0.15) is 5.01 Å². The number of rotatable bonds is 7. The first-order valence-electron chi connectivity index (χ1n) is 7.50. The Bertz CT molecular complexity index is 387. The number of hydrogen-bond donors (Lipinski definition) is 1. The van der Waals surface area contributed by atoms with E-state index >= 15 is 0 Å². The summed E-state index contributed by atoms with van der Waals surface area (Å²) in [5, 5.41) is 5.01. The highest BCUT2D eigenvalue weighted by molar-refractivity contribution is 7.98. The number of nitrogens with zero attached hydrogens (tertiary/aromatic N) is 1. The number of hydrogen-bond acceptors (Lipinski definition) is 4. The zero-order valence-electron chi connectivity index (χ0n) is 12.4. The van der Waals surface area contributed by atoms with Crippen LogP contribution in [-0.2, 0) is 12.2 Å². The molecule has 0 amide bonds. The predicted octanol–water partition coefficient (Wildman–Crippen LogP) is 4.41. The summed E-state index contributed by atoms with van der Waals surface area (Å²) in [6.45, 7) is 7.92. The predicted molar refractivity (Wildman–Crippen MR) is 87.1 cm³/mol. The van der Waals surface area contributed by atoms with Crippen LogP contribution in [0.25, 0.3) is 0 Å². The van der Waals surface area contributed by atoms with Crippen molar-refractivity contribution in [1.29, 1.82) is 0 Å². The molecular formula is C15H26N2S2. The van der Waals surface area contributed by atoms with E-state index in [2.05, 4.69) is 26.1 Å². The molecule has 108 valence electrons. The Hall–Kier alpha value is -0.0600. The Morgan fingerprint density at radius 3 is 3.05 bits per heavy atom. The maximum Gasteiger partial charge on any atom is 0.103 e. The Morgan fingerprint density at radius 1 is 1.47 bits per heavy atom. The van der Waals surface area contributed by atoms with Gasteiger partial charge < -0.3 is 5.32 Å². The summed E-state index contributed by atoms with van der Waals surface area (Å²) in [6, 6.07) is 0.574. The zero-order chi connectivity index (χ0) is 13.7. The highest BCUT2D eigenvalue weighted by Crippen LogP contribution is 2.35. The molecule has 1 heterocycles. The van der Waals surface area contributed by atoms with Crippen LogP contribution in [-0.4, -0.2) is 17.3 Å². The lowest BCUT2D eigenvalue weighted by Gasteiger charge is -2.22. The fourth-order valence-corrected chi connectivity index (χ4v) is 4.76. The van der Waals surface area contributed by atoms with Gasteiger partial charge >= 0.3 is 0 Å². The number of nitrogens with one attached hydrogen (secondary N) is 1. The Balaban J connectivity index is 1.95. The maximum atomic E-state index is 4.86. The third-order valence-corrected chi connectivity index (χ3v) is 6.09. The van der Waals surface area contributed by atoms with E-state index in [-0.39, 0.29) is 0 Å². The fourth-order valence-electron chi connectivity index (χ4n) is 2.43. The summed E-state index contributed by atoms with van der Waals surface area (Å²) in [6.07, 6.45) is 4.97. The molecule has 0 radical (unpaired) electrons. The Kier molecular flexibility index (Phi) is 6.17. The Labute approximate surface area is 125 Å². The van der Waals surface area contributed by atoms with E-state index in [9.17, 15) is 0 Å². The molecule has 1 aromatic heterocycles. The number of thioether (sulfide) groups is 1. The maximum absolute atomic E-state index is 4.86. The molecular weight excluding hydrogens is 272 g/mol. The number of fused-ring (bicyclic) bond motifs is 1. The van der Waals surface area contributed by atoms with Gasteiger partial charge in [-0.3, -0.25) is 0 Å². The summed E-state index contributed by atoms with van der Waals surface area (Å²) in [7, 11) is 0. The van der Waals surface area contributed by atoms with Crippen LogP contribution in [0.5, 0.6) is 0 Å². The topological polar surface area (TPSA) is 24.9 Å². The van der Waals surface area contributed by atoms with Gasteiger partial charge in [0.25, 0.3) is 0 Å². The van der Waals surface area contributed by atoms with Gasteiger partial charge in [-0.1, -0.05) is 20.8 Å². The minimum Gasteiger partial charge on any atom is -0.309 e.